The standard InChI is InChI=1S/C20H27N9/c1-3-16-19-26-25-13(2)28(19)17-10-22-20(27-11-14(8-9-21)23-12-27)24-18(17)29(16)15-6-4-5-7-15/h10-12,15-16H,3-9,21H2,1-2H3. The molecule has 1 aliphatic carbocycles. The summed E-state index contributed by atoms with van der Waals surface area (Å²) in [5.74, 6) is 3.47. The summed E-state index contributed by atoms with van der Waals surface area (Å²) in [7, 11) is 0. The van der Waals surface area contributed by atoms with Crippen LogP contribution in [-0.2, 0) is 6.42 Å². The summed E-state index contributed by atoms with van der Waals surface area (Å²) in [5, 5.41) is 8.89. The molecule has 0 amide bonds. The SMILES string of the molecule is CCC1c2nnc(C)n2-c2cnc(-n3cnc(CCN)c3)nc2N1C1CCCC1. The molecule has 1 fully saturated rings. The van der Waals surface area contributed by atoms with Gasteiger partial charge in [0.2, 0.25) is 5.95 Å². The Morgan fingerprint density at radius 3 is 2.76 bits per heavy atom. The van der Waals surface area contributed by atoms with Crippen molar-refractivity contribution in [1.82, 2.24) is 34.3 Å². The van der Waals surface area contributed by atoms with Gasteiger partial charge in [-0.2, -0.15) is 4.98 Å². The first-order valence-corrected chi connectivity index (χ1v) is 10.5. The Morgan fingerprint density at radius 1 is 1.17 bits per heavy atom. The Bertz CT molecular complexity index is 1010. The molecule has 0 radical (unpaired) electrons. The number of aromatic nitrogens is 7. The molecule has 4 heterocycles. The fraction of sp³-hybridized carbons (Fsp3) is 0.550. The molecule has 5 rings (SSSR count). The topological polar surface area (TPSA) is 104 Å². The van der Waals surface area contributed by atoms with Gasteiger partial charge in [0.15, 0.2) is 11.6 Å². The molecule has 1 unspecified atom stereocenters. The van der Waals surface area contributed by atoms with E-state index in [0.717, 1.165) is 41.7 Å². The lowest BCUT2D eigenvalue weighted by Crippen LogP contribution is -2.42. The van der Waals surface area contributed by atoms with Gasteiger partial charge in [-0.25, -0.2) is 9.97 Å². The molecule has 2 aliphatic rings. The van der Waals surface area contributed by atoms with E-state index in [2.05, 4.69) is 36.6 Å². The molecule has 0 aromatic carbocycles. The summed E-state index contributed by atoms with van der Waals surface area (Å²) in [4.78, 5) is 16.6. The Hall–Kier alpha value is -2.81. The molecule has 9 nitrogen and oxygen atoms in total. The van der Waals surface area contributed by atoms with Crippen molar-refractivity contribution < 1.29 is 0 Å². The van der Waals surface area contributed by atoms with E-state index in [1.54, 1.807) is 6.33 Å². The highest BCUT2D eigenvalue weighted by Gasteiger charge is 2.39. The number of nitrogens with two attached hydrogens (primary N) is 1. The Kier molecular flexibility index (Phi) is 4.54. The van der Waals surface area contributed by atoms with Gasteiger partial charge in [-0.1, -0.05) is 19.8 Å². The maximum Gasteiger partial charge on any atom is 0.236 e. The molecular weight excluding hydrogens is 366 g/mol. The Labute approximate surface area is 170 Å². The van der Waals surface area contributed by atoms with Crippen molar-refractivity contribution in [3.63, 3.8) is 0 Å². The number of anilines is 1. The molecule has 2 N–H and O–H groups in total. The van der Waals surface area contributed by atoms with E-state index in [0.29, 0.717) is 18.5 Å². The van der Waals surface area contributed by atoms with Crippen LogP contribution < -0.4 is 10.6 Å². The van der Waals surface area contributed by atoms with E-state index in [1.807, 2.05) is 23.9 Å². The number of rotatable bonds is 5. The lowest BCUT2D eigenvalue weighted by Gasteiger charge is -2.41. The zero-order valence-corrected chi connectivity index (χ0v) is 17.0. The van der Waals surface area contributed by atoms with Crippen molar-refractivity contribution in [1.29, 1.82) is 0 Å². The quantitative estimate of drug-likeness (QED) is 0.709. The molecule has 0 spiro atoms. The molecule has 3 aromatic heterocycles. The summed E-state index contributed by atoms with van der Waals surface area (Å²) in [6.45, 7) is 4.77. The first-order valence-electron chi connectivity index (χ1n) is 10.5. The molecule has 1 aliphatic heterocycles. The zero-order valence-electron chi connectivity index (χ0n) is 17.0. The number of hydrogen-bond donors (Lipinski definition) is 1. The average Bonchev–Trinajstić information content (AvgIpc) is 3.48. The van der Waals surface area contributed by atoms with Gasteiger partial charge >= 0.3 is 0 Å². The van der Waals surface area contributed by atoms with Gasteiger partial charge in [-0.3, -0.25) is 9.13 Å². The van der Waals surface area contributed by atoms with Crippen molar-refractivity contribution >= 4 is 5.82 Å². The van der Waals surface area contributed by atoms with Crippen LogP contribution in [0.2, 0.25) is 0 Å². The number of fused-ring (bicyclic) bond motifs is 3. The molecule has 29 heavy (non-hydrogen) atoms. The van der Waals surface area contributed by atoms with Crippen molar-refractivity contribution in [2.75, 3.05) is 11.4 Å². The second-order valence-electron chi connectivity index (χ2n) is 7.90. The van der Waals surface area contributed by atoms with Crippen LogP contribution in [0.15, 0.2) is 18.7 Å². The van der Waals surface area contributed by atoms with Crippen LogP contribution in [0.4, 0.5) is 5.82 Å². The van der Waals surface area contributed by atoms with Crippen LogP contribution in [0.1, 0.15) is 62.4 Å². The molecule has 152 valence electrons. The monoisotopic (exact) mass is 393 g/mol. The van der Waals surface area contributed by atoms with E-state index in [1.165, 1.54) is 25.7 Å². The van der Waals surface area contributed by atoms with Gasteiger partial charge in [0.1, 0.15) is 17.8 Å². The third-order valence-corrected chi connectivity index (χ3v) is 6.08. The Morgan fingerprint density at radius 2 is 2.00 bits per heavy atom. The fourth-order valence-corrected chi connectivity index (χ4v) is 4.73. The van der Waals surface area contributed by atoms with E-state index in [9.17, 15) is 0 Å². The number of hydrogen-bond acceptors (Lipinski definition) is 7. The second kappa shape index (κ2) is 7.22. The minimum atomic E-state index is 0.171. The van der Waals surface area contributed by atoms with Crippen LogP contribution in [0.25, 0.3) is 11.6 Å². The molecule has 9 heteroatoms. The molecule has 3 aromatic rings. The zero-order chi connectivity index (χ0) is 20.0. The molecule has 1 saturated carbocycles. The normalized spacial score (nSPS) is 18.9. The third kappa shape index (κ3) is 2.91. The molecular formula is C20H27N9. The minimum Gasteiger partial charge on any atom is -0.341 e. The van der Waals surface area contributed by atoms with Gasteiger partial charge in [-0.15, -0.1) is 10.2 Å². The van der Waals surface area contributed by atoms with E-state index >= 15 is 0 Å². The highest BCUT2D eigenvalue weighted by atomic mass is 15.4. The molecule has 0 saturated heterocycles. The van der Waals surface area contributed by atoms with Crippen molar-refractivity contribution in [2.24, 2.45) is 5.73 Å². The third-order valence-electron chi connectivity index (χ3n) is 6.08. The van der Waals surface area contributed by atoms with E-state index in [-0.39, 0.29) is 6.04 Å². The van der Waals surface area contributed by atoms with Gasteiger partial charge in [0.05, 0.1) is 17.9 Å². The maximum absolute atomic E-state index is 5.67. The maximum atomic E-state index is 5.67. The number of aryl methyl sites for hydroxylation is 1. The number of nitrogens with zero attached hydrogens (tertiary/aromatic N) is 8. The smallest absolute Gasteiger partial charge is 0.236 e. The van der Waals surface area contributed by atoms with Gasteiger partial charge in [-0.05, 0) is 32.7 Å². The second-order valence-corrected chi connectivity index (χ2v) is 7.90. The van der Waals surface area contributed by atoms with Crippen LogP contribution in [0.3, 0.4) is 0 Å². The van der Waals surface area contributed by atoms with Gasteiger partial charge in [0.25, 0.3) is 0 Å². The molecule has 1 atom stereocenters. The highest BCUT2D eigenvalue weighted by molar-refractivity contribution is 5.63. The van der Waals surface area contributed by atoms with Crippen LogP contribution in [0.5, 0.6) is 0 Å². The van der Waals surface area contributed by atoms with Crippen molar-refractivity contribution in [3.05, 3.63) is 36.1 Å². The van der Waals surface area contributed by atoms with Gasteiger partial charge < -0.3 is 10.6 Å². The van der Waals surface area contributed by atoms with E-state index in [4.69, 9.17) is 10.7 Å². The minimum absolute atomic E-state index is 0.171. The Balaban J connectivity index is 1.65. The lowest BCUT2D eigenvalue weighted by atomic mass is 10.0. The van der Waals surface area contributed by atoms with E-state index < -0.39 is 0 Å². The summed E-state index contributed by atoms with van der Waals surface area (Å²) >= 11 is 0. The summed E-state index contributed by atoms with van der Waals surface area (Å²) < 4.78 is 4.00. The molecule has 0 bridgehead atoms. The van der Waals surface area contributed by atoms with Crippen LogP contribution in [0, 0.1) is 6.92 Å². The fourth-order valence-electron chi connectivity index (χ4n) is 4.73. The number of imidazole rings is 1. The van der Waals surface area contributed by atoms with Crippen molar-refractivity contribution in [2.45, 2.75) is 64.5 Å². The summed E-state index contributed by atoms with van der Waals surface area (Å²) in [6, 6.07) is 0.646. The van der Waals surface area contributed by atoms with Crippen LogP contribution in [-0.4, -0.2) is 46.9 Å². The largest absolute Gasteiger partial charge is 0.341 e. The highest BCUT2D eigenvalue weighted by Crippen LogP contribution is 2.43. The predicted octanol–water partition coefficient (Wildman–Crippen LogP) is 2.27. The summed E-state index contributed by atoms with van der Waals surface area (Å²) in [5.41, 5.74) is 7.58. The first-order chi connectivity index (χ1) is 14.2. The van der Waals surface area contributed by atoms with Crippen LogP contribution >= 0.6 is 0 Å². The summed E-state index contributed by atoms with van der Waals surface area (Å²) in [6.07, 6.45) is 12.2. The first kappa shape index (κ1) is 18.2. The average molecular weight is 393 g/mol. The predicted molar refractivity (Wildman–Crippen MR) is 109 cm³/mol. The van der Waals surface area contributed by atoms with Crippen molar-refractivity contribution in [3.8, 4) is 11.6 Å². The van der Waals surface area contributed by atoms with Gasteiger partial charge in [0, 0.05) is 18.7 Å². The lowest BCUT2D eigenvalue weighted by molar-refractivity contribution is 0.467.